The van der Waals surface area contributed by atoms with Crippen molar-refractivity contribution in [1.82, 2.24) is 0 Å². The Labute approximate surface area is 130 Å². The predicted octanol–water partition coefficient (Wildman–Crippen LogP) is 5.92. The highest BCUT2D eigenvalue weighted by molar-refractivity contribution is 5.38. The van der Waals surface area contributed by atoms with Gasteiger partial charge in [-0.15, -0.1) is 0 Å². The summed E-state index contributed by atoms with van der Waals surface area (Å²) in [6, 6.07) is 11.9. The molecule has 0 nitrogen and oxygen atoms in total. The Morgan fingerprint density at radius 3 is 2.36 bits per heavy atom. The van der Waals surface area contributed by atoms with E-state index in [0.717, 1.165) is 18.1 Å². The first-order valence-corrected chi connectivity index (χ1v) is 7.57. The number of rotatable bonds is 4. The maximum Gasteiger partial charge on any atom is 0.416 e. The second-order valence-electron chi connectivity index (χ2n) is 5.80. The van der Waals surface area contributed by atoms with Gasteiger partial charge in [-0.05, 0) is 54.0 Å². The third-order valence-corrected chi connectivity index (χ3v) is 4.08. The third-order valence-electron chi connectivity index (χ3n) is 4.08. The van der Waals surface area contributed by atoms with E-state index < -0.39 is 11.7 Å². The van der Waals surface area contributed by atoms with Crippen LogP contribution >= 0.6 is 0 Å². The Morgan fingerprint density at radius 1 is 1.05 bits per heavy atom. The predicted molar refractivity (Wildman–Crippen MR) is 84.1 cm³/mol. The first-order valence-electron chi connectivity index (χ1n) is 7.57. The first kappa shape index (κ1) is 16.6. The molecule has 0 saturated heterocycles. The summed E-state index contributed by atoms with van der Waals surface area (Å²) in [6.45, 7) is 6.26. The van der Waals surface area contributed by atoms with Gasteiger partial charge in [0.25, 0.3) is 0 Å². The molecule has 118 valence electrons. The molecule has 0 saturated carbocycles. The smallest absolute Gasteiger partial charge is 0.166 e. The largest absolute Gasteiger partial charge is 0.416 e. The van der Waals surface area contributed by atoms with E-state index in [1.54, 1.807) is 6.07 Å². The van der Waals surface area contributed by atoms with E-state index in [-0.39, 0.29) is 5.92 Å². The van der Waals surface area contributed by atoms with Crippen molar-refractivity contribution in [3.05, 3.63) is 70.3 Å². The Morgan fingerprint density at radius 2 is 1.73 bits per heavy atom. The van der Waals surface area contributed by atoms with E-state index in [4.69, 9.17) is 0 Å². The number of hydrogen-bond acceptors (Lipinski definition) is 0. The van der Waals surface area contributed by atoms with E-state index in [1.807, 2.05) is 6.07 Å². The number of hydrogen-bond donors (Lipinski definition) is 0. The van der Waals surface area contributed by atoms with E-state index >= 15 is 0 Å². The molecular formula is C19H21F3. The molecule has 1 unspecified atom stereocenters. The maximum absolute atomic E-state index is 12.8. The van der Waals surface area contributed by atoms with Crippen LogP contribution in [0.2, 0.25) is 0 Å². The van der Waals surface area contributed by atoms with Crippen LogP contribution in [0.25, 0.3) is 0 Å². The monoisotopic (exact) mass is 306 g/mol. The summed E-state index contributed by atoms with van der Waals surface area (Å²) in [5.41, 5.74) is 3.91. The first-order chi connectivity index (χ1) is 10.3. The Balaban J connectivity index is 2.28. The van der Waals surface area contributed by atoms with Gasteiger partial charge >= 0.3 is 6.18 Å². The number of aryl methyl sites for hydroxylation is 2. The molecule has 0 bridgehead atoms. The fourth-order valence-corrected chi connectivity index (χ4v) is 3.09. The van der Waals surface area contributed by atoms with Crippen molar-refractivity contribution in [3.63, 3.8) is 0 Å². The molecule has 3 heteroatoms. The highest BCUT2D eigenvalue weighted by Gasteiger charge is 2.30. The van der Waals surface area contributed by atoms with Gasteiger partial charge in [0.15, 0.2) is 0 Å². The fourth-order valence-electron chi connectivity index (χ4n) is 3.09. The molecule has 2 aromatic rings. The summed E-state index contributed by atoms with van der Waals surface area (Å²) in [4.78, 5) is 0. The second kappa shape index (κ2) is 6.55. The summed E-state index contributed by atoms with van der Waals surface area (Å²) in [6.07, 6.45) is -2.73. The Hall–Kier alpha value is -1.77. The van der Waals surface area contributed by atoms with Crippen molar-refractivity contribution in [1.29, 1.82) is 0 Å². The summed E-state index contributed by atoms with van der Waals surface area (Å²) in [5.74, 6) is 0.194. The van der Waals surface area contributed by atoms with Crippen LogP contribution in [0.1, 0.15) is 47.6 Å². The van der Waals surface area contributed by atoms with E-state index in [1.165, 1.54) is 28.8 Å². The minimum absolute atomic E-state index is 0.194. The fraction of sp³-hybridized carbons (Fsp3) is 0.368. The molecule has 0 heterocycles. The molecule has 2 rings (SSSR count). The molecule has 0 spiro atoms. The van der Waals surface area contributed by atoms with Gasteiger partial charge in [-0.3, -0.25) is 0 Å². The van der Waals surface area contributed by atoms with Crippen LogP contribution in [0.4, 0.5) is 13.2 Å². The van der Waals surface area contributed by atoms with Crippen LogP contribution in [0, 0.1) is 6.92 Å². The lowest BCUT2D eigenvalue weighted by atomic mass is 9.86. The zero-order chi connectivity index (χ0) is 16.3. The lowest BCUT2D eigenvalue weighted by molar-refractivity contribution is -0.137. The minimum atomic E-state index is -4.28. The van der Waals surface area contributed by atoms with Gasteiger partial charge in [0.05, 0.1) is 5.56 Å². The van der Waals surface area contributed by atoms with Crippen LogP contribution in [0.5, 0.6) is 0 Å². The Kier molecular flexibility index (Phi) is 4.94. The number of benzene rings is 2. The summed E-state index contributed by atoms with van der Waals surface area (Å²) in [5, 5.41) is 0. The maximum atomic E-state index is 12.8. The van der Waals surface area contributed by atoms with Crippen LogP contribution in [0.3, 0.4) is 0 Å². The third kappa shape index (κ3) is 3.70. The molecule has 0 fully saturated rings. The minimum Gasteiger partial charge on any atom is -0.166 e. The molecule has 0 N–H and O–H groups in total. The molecule has 0 aliphatic rings. The SMILES string of the molecule is CCc1cccc(C)c1C(C)Cc1cccc(C(F)(F)F)c1. The van der Waals surface area contributed by atoms with Crippen LogP contribution in [-0.2, 0) is 19.0 Å². The second-order valence-corrected chi connectivity index (χ2v) is 5.80. The van der Waals surface area contributed by atoms with Gasteiger partial charge in [0.1, 0.15) is 0 Å². The average molecular weight is 306 g/mol. The van der Waals surface area contributed by atoms with Gasteiger partial charge in [-0.2, -0.15) is 13.2 Å². The summed E-state index contributed by atoms with van der Waals surface area (Å²) in [7, 11) is 0. The molecule has 0 radical (unpaired) electrons. The highest BCUT2D eigenvalue weighted by atomic mass is 19.4. The van der Waals surface area contributed by atoms with Crippen molar-refractivity contribution in [3.8, 4) is 0 Å². The van der Waals surface area contributed by atoms with Gasteiger partial charge in [-0.1, -0.05) is 50.2 Å². The molecule has 22 heavy (non-hydrogen) atoms. The van der Waals surface area contributed by atoms with Gasteiger partial charge in [0.2, 0.25) is 0 Å². The molecule has 0 aliphatic carbocycles. The van der Waals surface area contributed by atoms with Crippen molar-refractivity contribution >= 4 is 0 Å². The number of halogens is 3. The highest BCUT2D eigenvalue weighted by Crippen LogP contribution is 2.32. The van der Waals surface area contributed by atoms with E-state index in [0.29, 0.717) is 6.42 Å². The lowest BCUT2D eigenvalue weighted by Crippen LogP contribution is -2.08. The van der Waals surface area contributed by atoms with E-state index in [9.17, 15) is 13.2 Å². The van der Waals surface area contributed by atoms with Crippen LogP contribution in [0.15, 0.2) is 42.5 Å². The molecule has 0 amide bonds. The van der Waals surface area contributed by atoms with Gasteiger partial charge in [0, 0.05) is 0 Å². The quantitative estimate of drug-likeness (QED) is 0.657. The lowest BCUT2D eigenvalue weighted by Gasteiger charge is -2.19. The molecule has 1 atom stereocenters. The van der Waals surface area contributed by atoms with E-state index in [2.05, 4.69) is 32.9 Å². The van der Waals surface area contributed by atoms with Gasteiger partial charge in [-0.25, -0.2) is 0 Å². The van der Waals surface area contributed by atoms with Crippen molar-refractivity contribution in [2.75, 3.05) is 0 Å². The zero-order valence-corrected chi connectivity index (χ0v) is 13.2. The van der Waals surface area contributed by atoms with Crippen molar-refractivity contribution in [2.24, 2.45) is 0 Å². The zero-order valence-electron chi connectivity index (χ0n) is 13.2. The summed E-state index contributed by atoms with van der Waals surface area (Å²) < 4.78 is 38.4. The molecule has 2 aromatic carbocycles. The Bertz CT molecular complexity index is 641. The van der Waals surface area contributed by atoms with Crippen LogP contribution < -0.4 is 0 Å². The van der Waals surface area contributed by atoms with Crippen molar-refractivity contribution in [2.45, 2.75) is 45.7 Å². The van der Waals surface area contributed by atoms with Gasteiger partial charge < -0.3 is 0 Å². The standard InChI is InChI=1S/C19H21F3/c1-4-16-9-5-7-13(2)18(16)14(3)11-15-8-6-10-17(12-15)19(20,21)22/h5-10,12,14H,4,11H2,1-3H3. The number of alkyl halides is 3. The topological polar surface area (TPSA) is 0 Å². The molecule has 0 aliphatic heterocycles. The van der Waals surface area contributed by atoms with Crippen molar-refractivity contribution < 1.29 is 13.2 Å². The molecular weight excluding hydrogens is 285 g/mol. The van der Waals surface area contributed by atoms with Crippen LogP contribution in [-0.4, -0.2) is 0 Å². The summed E-state index contributed by atoms with van der Waals surface area (Å²) >= 11 is 0. The molecule has 0 aromatic heterocycles. The normalized spacial score (nSPS) is 13.2. The average Bonchev–Trinajstić information content (AvgIpc) is 2.46.